The molecule has 2 aromatic heterocycles. The number of carbonyl (C=O) groups is 1. The SMILES string of the molecule is CC(c1ccc(Cl)cc1)C(CNC(=O)C(C)(C)Oc1ccc(C(F)(F)F)cn1)c1ccccn1. The van der Waals surface area contributed by atoms with Gasteiger partial charge in [-0.3, -0.25) is 9.78 Å². The van der Waals surface area contributed by atoms with Crippen molar-refractivity contribution in [2.75, 3.05) is 6.54 Å². The van der Waals surface area contributed by atoms with Crippen LogP contribution in [0, 0.1) is 0 Å². The second-order valence-electron chi connectivity index (χ2n) is 8.41. The molecule has 1 aromatic carbocycles. The Morgan fingerprint density at radius 1 is 1.06 bits per heavy atom. The van der Waals surface area contributed by atoms with E-state index in [4.69, 9.17) is 16.3 Å². The van der Waals surface area contributed by atoms with E-state index < -0.39 is 23.2 Å². The van der Waals surface area contributed by atoms with Gasteiger partial charge in [0.1, 0.15) is 0 Å². The van der Waals surface area contributed by atoms with Gasteiger partial charge in [0, 0.05) is 41.6 Å². The van der Waals surface area contributed by atoms with Gasteiger partial charge < -0.3 is 10.1 Å². The fourth-order valence-corrected chi connectivity index (χ4v) is 3.59. The molecule has 5 nitrogen and oxygen atoms in total. The highest BCUT2D eigenvalue weighted by Crippen LogP contribution is 2.32. The number of hydrogen-bond acceptors (Lipinski definition) is 4. The van der Waals surface area contributed by atoms with Crippen molar-refractivity contribution in [1.82, 2.24) is 15.3 Å². The highest BCUT2D eigenvalue weighted by atomic mass is 35.5. The highest BCUT2D eigenvalue weighted by Gasteiger charge is 2.34. The molecule has 0 radical (unpaired) electrons. The van der Waals surface area contributed by atoms with Crippen molar-refractivity contribution in [2.24, 2.45) is 0 Å². The number of amides is 1. The lowest BCUT2D eigenvalue weighted by atomic mass is 9.84. The van der Waals surface area contributed by atoms with E-state index in [0.29, 0.717) is 11.2 Å². The van der Waals surface area contributed by atoms with E-state index in [1.165, 1.54) is 13.8 Å². The molecular formula is C25H25ClF3N3O2. The third kappa shape index (κ3) is 6.47. The Balaban J connectivity index is 1.72. The number of benzene rings is 1. The maximum absolute atomic E-state index is 13.0. The van der Waals surface area contributed by atoms with E-state index in [1.807, 2.05) is 49.4 Å². The standard InChI is InChI=1S/C25H25ClF3N3O2/c1-16(17-7-10-19(26)11-8-17)20(21-6-4-5-13-30-21)15-32-23(33)24(2,3)34-22-12-9-18(14-31-22)25(27,28)29/h4-14,16,20H,15H2,1-3H3,(H,32,33). The molecule has 0 aliphatic rings. The molecule has 1 N–H and O–H groups in total. The van der Waals surface area contributed by atoms with Crippen LogP contribution < -0.4 is 10.1 Å². The van der Waals surface area contributed by atoms with Gasteiger partial charge in [0.05, 0.1) is 5.56 Å². The first-order chi connectivity index (χ1) is 16.0. The molecule has 0 saturated heterocycles. The lowest BCUT2D eigenvalue weighted by molar-refractivity contribution is -0.138. The zero-order valence-electron chi connectivity index (χ0n) is 18.9. The van der Waals surface area contributed by atoms with Crippen molar-refractivity contribution in [3.05, 3.63) is 88.8 Å². The summed E-state index contributed by atoms with van der Waals surface area (Å²) in [6.07, 6.45) is -2.13. The normalized spacial score (nSPS) is 13.7. The van der Waals surface area contributed by atoms with Gasteiger partial charge in [-0.1, -0.05) is 36.7 Å². The molecule has 1 amide bonds. The van der Waals surface area contributed by atoms with Crippen LogP contribution in [0.3, 0.4) is 0 Å². The summed E-state index contributed by atoms with van der Waals surface area (Å²) < 4.78 is 43.9. The fourth-order valence-electron chi connectivity index (χ4n) is 3.46. The van der Waals surface area contributed by atoms with Gasteiger partial charge in [-0.2, -0.15) is 13.2 Å². The number of rotatable bonds is 8. The van der Waals surface area contributed by atoms with Gasteiger partial charge in [-0.25, -0.2) is 4.98 Å². The smallest absolute Gasteiger partial charge is 0.417 e. The Bertz CT molecular complexity index is 1090. The Morgan fingerprint density at radius 2 is 1.76 bits per heavy atom. The fraction of sp³-hybridized carbons (Fsp3) is 0.320. The van der Waals surface area contributed by atoms with Gasteiger partial charge in [0.2, 0.25) is 5.88 Å². The second-order valence-corrected chi connectivity index (χ2v) is 8.84. The Morgan fingerprint density at radius 3 is 2.32 bits per heavy atom. The lowest BCUT2D eigenvalue weighted by Gasteiger charge is -2.28. The third-order valence-corrected chi connectivity index (χ3v) is 5.77. The van der Waals surface area contributed by atoms with Crippen molar-refractivity contribution < 1.29 is 22.7 Å². The molecule has 0 aliphatic heterocycles. The number of alkyl halides is 3. The zero-order chi connectivity index (χ0) is 24.9. The Hall–Kier alpha value is -3.13. The first kappa shape index (κ1) is 25.5. The van der Waals surface area contributed by atoms with E-state index in [1.54, 1.807) is 6.20 Å². The first-order valence-electron chi connectivity index (χ1n) is 10.6. The summed E-state index contributed by atoms with van der Waals surface area (Å²) in [4.78, 5) is 21.1. The van der Waals surface area contributed by atoms with Crippen molar-refractivity contribution in [3.8, 4) is 5.88 Å². The summed E-state index contributed by atoms with van der Waals surface area (Å²) in [5, 5.41) is 3.54. The van der Waals surface area contributed by atoms with Gasteiger partial charge >= 0.3 is 6.18 Å². The van der Waals surface area contributed by atoms with E-state index in [-0.39, 0.29) is 24.3 Å². The molecule has 0 aliphatic carbocycles. The topological polar surface area (TPSA) is 64.1 Å². The monoisotopic (exact) mass is 491 g/mol. The number of aromatic nitrogens is 2. The van der Waals surface area contributed by atoms with E-state index >= 15 is 0 Å². The molecular weight excluding hydrogens is 467 g/mol. The van der Waals surface area contributed by atoms with Crippen LogP contribution in [0.2, 0.25) is 5.02 Å². The minimum atomic E-state index is -4.50. The summed E-state index contributed by atoms with van der Waals surface area (Å²) in [5.74, 6) is -0.651. The van der Waals surface area contributed by atoms with E-state index in [0.717, 1.165) is 23.4 Å². The Kier molecular flexibility index (Phi) is 7.82. The van der Waals surface area contributed by atoms with Crippen LogP contribution in [-0.4, -0.2) is 28.0 Å². The molecule has 0 bridgehead atoms. The van der Waals surface area contributed by atoms with E-state index in [2.05, 4.69) is 15.3 Å². The third-order valence-electron chi connectivity index (χ3n) is 5.52. The number of carbonyl (C=O) groups excluding carboxylic acids is 1. The summed E-state index contributed by atoms with van der Waals surface area (Å²) in [6, 6.07) is 15.1. The number of nitrogens with zero attached hydrogens (tertiary/aromatic N) is 2. The predicted molar refractivity (Wildman–Crippen MR) is 124 cm³/mol. The summed E-state index contributed by atoms with van der Waals surface area (Å²) in [5.41, 5.74) is -0.408. The molecule has 3 aromatic rings. The highest BCUT2D eigenvalue weighted by molar-refractivity contribution is 6.30. The van der Waals surface area contributed by atoms with Gasteiger partial charge in [0.15, 0.2) is 5.60 Å². The van der Waals surface area contributed by atoms with Crippen molar-refractivity contribution in [1.29, 1.82) is 0 Å². The maximum atomic E-state index is 13.0. The Labute approximate surface area is 201 Å². The number of ether oxygens (including phenoxy) is 1. The van der Waals surface area contributed by atoms with Crippen LogP contribution in [0.25, 0.3) is 0 Å². The number of hydrogen-bond donors (Lipinski definition) is 1. The largest absolute Gasteiger partial charge is 0.462 e. The first-order valence-corrected chi connectivity index (χ1v) is 11.0. The van der Waals surface area contributed by atoms with Crippen LogP contribution in [-0.2, 0) is 11.0 Å². The van der Waals surface area contributed by atoms with Crippen LogP contribution >= 0.6 is 11.6 Å². The average Bonchev–Trinajstić information content (AvgIpc) is 2.79. The molecule has 9 heteroatoms. The maximum Gasteiger partial charge on any atom is 0.417 e. The lowest BCUT2D eigenvalue weighted by Crippen LogP contribution is -2.48. The van der Waals surface area contributed by atoms with Crippen molar-refractivity contribution in [2.45, 2.75) is 44.4 Å². The predicted octanol–water partition coefficient (Wildman–Crippen LogP) is 6.01. The quantitative estimate of drug-likeness (QED) is 0.419. The average molecular weight is 492 g/mol. The number of pyridine rings is 2. The van der Waals surface area contributed by atoms with Crippen LogP contribution in [0.4, 0.5) is 13.2 Å². The molecule has 2 atom stereocenters. The second kappa shape index (κ2) is 10.4. The molecule has 0 fully saturated rings. The molecule has 0 saturated carbocycles. The minimum Gasteiger partial charge on any atom is -0.462 e. The van der Waals surface area contributed by atoms with Gasteiger partial charge in [-0.05, 0) is 55.7 Å². The molecule has 180 valence electrons. The van der Waals surface area contributed by atoms with Crippen LogP contribution in [0.1, 0.15) is 49.4 Å². The number of halogens is 4. The van der Waals surface area contributed by atoms with Crippen molar-refractivity contribution in [3.63, 3.8) is 0 Å². The van der Waals surface area contributed by atoms with E-state index in [9.17, 15) is 18.0 Å². The molecule has 34 heavy (non-hydrogen) atoms. The minimum absolute atomic E-state index is 0.00748. The van der Waals surface area contributed by atoms with Gasteiger partial charge in [0.25, 0.3) is 5.91 Å². The van der Waals surface area contributed by atoms with Crippen LogP contribution in [0.15, 0.2) is 67.0 Å². The summed E-state index contributed by atoms with van der Waals surface area (Å²) in [6.45, 7) is 5.37. The zero-order valence-corrected chi connectivity index (χ0v) is 19.7. The molecule has 0 spiro atoms. The van der Waals surface area contributed by atoms with Crippen molar-refractivity contribution >= 4 is 17.5 Å². The van der Waals surface area contributed by atoms with Gasteiger partial charge in [-0.15, -0.1) is 0 Å². The molecule has 3 rings (SSSR count). The number of nitrogens with one attached hydrogen (secondary N) is 1. The summed E-state index contributed by atoms with van der Waals surface area (Å²) >= 11 is 6.02. The van der Waals surface area contributed by atoms with Crippen LogP contribution in [0.5, 0.6) is 5.88 Å². The molecule has 2 heterocycles. The molecule has 2 unspecified atom stereocenters. The summed E-state index contributed by atoms with van der Waals surface area (Å²) in [7, 11) is 0.